The van der Waals surface area contributed by atoms with Crippen molar-refractivity contribution in [3.05, 3.63) is 60.7 Å². The maximum atomic E-state index is 2.34. The Morgan fingerprint density at radius 2 is 0.833 bits per heavy atom. The molecule has 0 atom stereocenters. The first-order valence-corrected chi connectivity index (χ1v) is 8.93. The molecule has 0 saturated heterocycles. The second kappa shape index (κ2) is 5.70. The number of hydrogen-bond acceptors (Lipinski definition) is 0. The average molecular weight is 308 g/mol. The van der Waals surface area contributed by atoms with Crippen LogP contribution in [-0.2, 0) is 0 Å². The van der Waals surface area contributed by atoms with Gasteiger partial charge in [-0.15, -0.1) is 0 Å². The molecule has 0 spiro atoms. The molecule has 0 N–H and O–H groups in total. The molecule has 0 aliphatic rings. The van der Waals surface area contributed by atoms with Crippen molar-refractivity contribution < 1.29 is 0 Å². The summed E-state index contributed by atoms with van der Waals surface area (Å²) in [4.78, 5) is 0. The summed E-state index contributed by atoms with van der Waals surface area (Å²) in [6.45, 7) is 10.1. The van der Waals surface area contributed by atoms with Crippen molar-refractivity contribution in [3.8, 4) is 0 Å². The lowest BCUT2D eigenvalue weighted by atomic mass is 9.49. The highest BCUT2D eigenvalue weighted by molar-refractivity contribution is 6.71. The fourth-order valence-corrected chi connectivity index (χ4v) is 3.64. The Morgan fingerprint density at radius 3 is 1.21 bits per heavy atom. The van der Waals surface area contributed by atoms with Crippen LogP contribution in [0.15, 0.2) is 60.7 Å². The lowest BCUT2D eigenvalue weighted by Gasteiger charge is -2.11. The Hall–Kier alpha value is -2.21. The van der Waals surface area contributed by atoms with E-state index in [1.54, 1.807) is 0 Å². The minimum atomic E-state index is 0.566. The van der Waals surface area contributed by atoms with Crippen LogP contribution >= 0.6 is 0 Å². The Morgan fingerprint density at radius 1 is 0.458 bits per heavy atom. The zero-order chi connectivity index (χ0) is 16.8. The van der Waals surface area contributed by atoms with E-state index in [4.69, 9.17) is 0 Å². The fourth-order valence-electron chi connectivity index (χ4n) is 3.64. The molecular weight excluding hydrogens is 286 g/mol. The first kappa shape index (κ1) is 15.3. The largest absolute Gasteiger partial charge is 0.169 e. The van der Waals surface area contributed by atoms with Crippen molar-refractivity contribution in [1.82, 2.24) is 0 Å². The second-order valence-electron chi connectivity index (χ2n) is 7.50. The quantitative estimate of drug-likeness (QED) is 0.358. The molecule has 0 aromatic heterocycles. The third-order valence-corrected chi connectivity index (χ3v) is 5.21. The number of rotatable bonds is 2. The van der Waals surface area contributed by atoms with Crippen molar-refractivity contribution >= 4 is 56.7 Å². The molecule has 0 nitrogen and oxygen atoms in total. The Bertz CT molecular complexity index is 975. The summed E-state index contributed by atoms with van der Waals surface area (Å²) >= 11 is 0. The first-order valence-electron chi connectivity index (χ1n) is 8.93. The normalized spacial score (nSPS) is 11.3. The SMILES string of the molecule is CB(C)c1ccc2c(ccc3c4ccc(B(C)C)cc4ccc23)c1. The van der Waals surface area contributed by atoms with Gasteiger partial charge < -0.3 is 0 Å². The maximum absolute atomic E-state index is 2.34. The Balaban J connectivity index is 2.02. The summed E-state index contributed by atoms with van der Waals surface area (Å²) in [7, 11) is 0. The number of benzene rings is 4. The van der Waals surface area contributed by atoms with Crippen LogP contribution in [0.4, 0.5) is 0 Å². The molecular formula is C22H22B2. The molecule has 4 rings (SSSR count). The van der Waals surface area contributed by atoms with Crippen LogP contribution in [0.5, 0.6) is 0 Å². The molecule has 24 heavy (non-hydrogen) atoms. The van der Waals surface area contributed by atoms with Crippen LogP contribution in [0, 0.1) is 0 Å². The van der Waals surface area contributed by atoms with Crippen LogP contribution in [0.3, 0.4) is 0 Å². The smallest absolute Gasteiger partial charge is 0.0819 e. The van der Waals surface area contributed by atoms with Crippen LogP contribution in [0.25, 0.3) is 32.3 Å². The van der Waals surface area contributed by atoms with Crippen LogP contribution in [0.1, 0.15) is 0 Å². The maximum Gasteiger partial charge on any atom is 0.169 e. The summed E-state index contributed by atoms with van der Waals surface area (Å²) in [6.07, 6.45) is 0. The van der Waals surface area contributed by atoms with E-state index in [1.807, 2.05) is 0 Å². The van der Waals surface area contributed by atoms with E-state index in [0.717, 1.165) is 0 Å². The predicted molar refractivity (Wildman–Crippen MR) is 113 cm³/mol. The second-order valence-corrected chi connectivity index (χ2v) is 7.50. The monoisotopic (exact) mass is 308 g/mol. The van der Waals surface area contributed by atoms with Gasteiger partial charge >= 0.3 is 0 Å². The van der Waals surface area contributed by atoms with E-state index in [2.05, 4.69) is 88.0 Å². The average Bonchev–Trinajstić information content (AvgIpc) is 2.59. The Kier molecular flexibility index (Phi) is 3.64. The molecule has 0 radical (unpaired) electrons. The summed E-state index contributed by atoms with van der Waals surface area (Å²) in [5.74, 6) is 0. The van der Waals surface area contributed by atoms with Crippen molar-refractivity contribution in [2.24, 2.45) is 0 Å². The van der Waals surface area contributed by atoms with Gasteiger partial charge in [-0.2, -0.15) is 0 Å². The van der Waals surface area contributed by atoms with E-state index in [9.17, 15) is 0 Å². The molecule has 0 amide bonds. The van der Waals surface area contributed by atoms with E-state index >= 15 is 0 Å². The van der Waals surface area contributed by atoms with E-state index < -0.39 is 0 Å². The van der Waals surface area contributed by atoms with Gasteiger partial charge in [0.1, 0.15) is 0 Å². The van der Waals surface area contributed by atoms with Crippen molar-refractivity contribution in [3.63, 3.8) is 0 Å². The minimum Gasteiger partial charge on any atom is -0.0819 e. The topological polar surface area (TPSA) is 0 Å². The van der Waals surface area contributed by atoms with Gasteiger partial charge in [0.15, 0.2) is 13.4 Å². The third-order valence-electron chi connectivity index (χ3n) is 5.21. The summed E-state index contributed by atoms with van der Waals surface area (Å²) in [5.41, 5.74) is 2.81. The molecule has 2 heteroatoms. The molecule has 0 heterocycles. The molecule has 4 aromatic carbocycles. The van der Waals surface area contributed by atoms with Crippen molar-refractivity contribution in [2.45, 2.75) is 27.3 Å². The Labute approximate surface area is 145 Å². The third kappa shape index (κ3) is 2.41. The van der Waals surface area contributed by atoms with Gasteiger partial charge in [-0.25, -0.2) is 0 Å². The minimum absolute atomic E-state index is 0.566. The van der Waals surface area contributed by atoms with E-state index in [-0.39, 0.29) is 0 Å². The van der Waals surface area contributed by atoms with E-state index in [1.165, 1.54) is 43.2 Å². The molecule has 0 saturated carbocycles. The number of fused-ring (bicyclic) bond motifs is 5. The molecule has 0 fully saturated rings. The molecule has 4 aromatic rings. The fraction of sp³-hybridized carbons (Fsp3) is 0.182. The number of hydrogen-bond donors (Lipinski definition) is 0. The standard InChI is InChI=1S/C22H22B2/c1-23(2)17-7-11-19-15(13-17)5-9-22-20-12-8-18(24(3)4)14-16(20)6-10-21(19)22/h5-14H,1-4H3. The predicted octanol–water partition coefficient (Wildman–Crippen LogP) is 5.07. The summed E-state index contributed by atoms with van der Waals surface area (Å²) < 4.78 is 0. The molecule has 0 bridgehead atoms. The highest BCUT2D eigenvalue weighted by Crippen LogP contribution is 2.30. The molecule has 0 unspecified atom stereocenters. The zero-order valence-corrected chi connectivity index (χ0v) is 14.9. The summed E-state index contributed by atoms with van der Waals surface area (Å²) in [5, 5.41) is 8.09. The van der Waals surface area contributed by atoms with Gasteiger partial charge in [-0.3, -0.25) is 0 Å². The van der Waals surface area contributed by atoms with Crippen molar-refractivity contribution in [1.29, 1.82) is 0 Å². The van der Waals surface area contributed by atoms with Gasteiger partial charge in [-0.05, 0) is 32.3 Å². The highest BCUT2D eigenvalue weighted by Gasteiger charge is 2.09. The van der Waals surface area contributed by atoms with Gasteiger partial charge in [0.2, 0.25) is 0 Å². The van der Waals surface area contributed by atoms with Crippen LogP contribution < -0.4 is 10.9 Å². The van der Waals surface area contributed by atoms with Gasteiger partial charge in [-0.1, -0.05) is 98.9 Å². The zero-order valence-electron chi connectivity index (χ0n) is 14.9. The molecule has 0 aliphatic carbocycles. The van der Waals surface area contributed by atoms with Crippen molar-refractivity contribution in [2.75, 3.05) is 0 Å². The van der Waals surface area contributed by atoms with Gasteiger partial charge in [0.05, 0.1) is 0 Å². The van der Waals surface area contributed by atoms with E-state index in [0.29, 0.717) is 13.4 Å². The molecule has 0 aliphatic heterocycles. The lowest BCUT2D eigenvalue weighted by Crippen LogP contribution is -2.22. The van der Waals surface area contributed by atoms with Gasteiger partial charge in [0.25, 0.3) is 0 Å². The first-order chi connectivity index (χ1) is 11.5. The van der Waals surface area contributed by atoms with Gasteiger partial charge in [0, 0.05) is 0 Å². The summed E-state index contributed by atoms with van der Waals surface area (Å²) in [6, 6.07) is 23.0. The van der Waals surface area contributed by atoms with Crippen LogP contribution in [-0.4, -0.2) is 13.4 Å². The molecule has 116 valence electrons. The lowest BCUT2D eigenvalue weighted by molar-refractivity contribution is 1.79. The van der Waals surface area contributed by atoms with Crippen LogP contribution in [0.2, 0.25) is 27.3 Å². The highest BCUT2D eigenvalue weighted by atomic mass is 14.1.